The quantitative estimate of drug-likeness (QED) is 0.813. The number of hydrogen-bond acceptors (Lipinski definition) is 6. The van der Waals surface area contributed by atoms with E-state index < -0.39 is 0 Å². The normalized spacial score (nSPS) is 17.3. The molecule has 2 aromatic rings. The number of rotatable bonds is 6. The fourth-order valence-corrected chi connectivity index (χ4v) is 3.83. The smallest absolute Gasteiger partial charge is 0.230 e. The van der Waals surface area contributed by atoms with E-state index in [-0.39, 0.29) is 12.0 Å². The van der Waals surface area contributed by atoms with Gasteiger partial charge in [0.1, 0.15) is 0 Å². The number of aryl methyl sites for hydroxylation is 1. The molecule has 0 bridgehead atoms. The molecule has 1 N–H and O–H groups in total. The number of carbonyl (C=O) groups is 1. The second-order valence-corrected chi connectivity index (χ2v) is 7.46. The van der Waals surface area contributed by atoms with Gasteiger partial charge in [-0.15, -0.1) is 0 Å². The third kappa shape index (κ3) is 4.76. The van der Waals surface area contributed by atoms with Crippen LogP contribution in [0.15, 0.2) is 28.6 Å². The van der Waals surface area contributed by atoms with Crippen molar-refractivity contribution in [3.63, 3.8) is 0 Å². The van der Waals surface area contributed by atoms with Gasteiger partial charge >= 0.3 is 0 Å². The van der Waals surface area contributed by atoms with Crippen molar-refractivity contribution >= 4 is 29.2 Å². The number of ether oxygens (including phenoxy) is 1. The second kappa shape index (κ2) is 7.90. The standard InChI is InChI=1S/C16H19N3O2S2/c1-11-4-2-5-12(8-11)15-18-16(23-19-15)22-10-14(20)17-9-13-6-3-7-21-13/h2,4-5,8,13H,3,6-7,9-10H2,1H3,(H,17,20)/t13-/m0/s1. The molecule has 1 saturated heterocycles. The van der Waals surface area contributed by atoms with Crippen LogP contribution in [0.4, 0.5) is 0 Å². The molecular weight excluding hydrogens is 330 g/mol. The van der Waals surface area contributed by atoms with Crippen LogP contribution in [0, 0.1) is 6.92 Å². The summed E-state index contributed by atoms with van der Waals surface area (Å²) >= 11 is 2.76. The maximum absolute atomic E-state index is 11.9. The van der Waals surface area contributed by atoms with Crippen LogP contribution in [0.3, 0.4) is 0 Å². The Morgan fingerprint density at radius 1 is 1.52 bits per heavy atom. The van der Waals surface area contributed by atoms with Gasteiger partial charge in [0.05, 0.1) is 11.9 Å². The predicted octanol–water partition coefficient (Wildman–Crippen LogP) is 2.90. The van der Waals surface area contributed by atoms with E-state index in [9.17, 15) is 4.79 Å². The molecular formula is C16H19N3O2S2. The molecule has 1 aromatic heterocycles. The maximum atomic E-state index is 11.9. The first-order valence-corrected chi connectivity index (χ1v) is 9.38. The lowest BCUT2D eigenvalue weighted by molar-refractivity contribution is -0.119. The highest BCUT2D eigenvalue weighted by Crippen LogP contribution is 2.25. The van der Waals surface area contributed by atoms with Crippen LogP contribution in [-0.2, 0) is 9.53 Å². The van der Waals surface area contributed by atoms with E-state index in [4.69, 9.17) is 4.74 Å². The van der Waals surface area contributed by atoms with Gasteiger partial charge in [0.15, 0.2) is 10.2 Å². The molecule has 1 aliphatic rings. The lowest BCUT2D eigenvalue weighted by Gasteiger charge is -2.09. The van der Waals surface area contributed by atoms with Crippen LogP contribution >= 0.6 is 23.3 Å². The molecule has 0 radical (unpaired) electrons. The minimum Gasteiger partial charge on any atom is -0.376 e. The number of hydrogen-bond donors (Lipinski definition) is 1. The number of carbonyl (C=O) groups excluding carboxylic acids is 1. The number of benzene rings is 1. The molecule has 1 fully saturated rings. The van der Waals surface area contributed by atoms with Crippen LogP contribution in [-0.4, -0.2) is 40.3 Å². The Balaban J connectivity index is 1.48. The number of nitrogens with zero attached hydrogens (tertiary/aromatic N) is 2. The summed E-state index contributed by atoms with van der Waals surface area (Å²) < 4.78 is 10.7. The average Bonchev–Trinajstić information content (AvgIpc) is 3.22. The van der Waals surface area contributed by atoms with E-state index >= 15 is 0 Å². The number of nitrogens with one attached hydrogen (secondary N) is 1. The highest BCUT2D eigenvalue weighted by atomic mass is 32.2. The van der Waals surface area contributed by atoms with E-state index in [0.29, 0.717) is 12.3 Å². The van der Waals surface area contributed by atoms with Gasteiger partial charge in [-0.3, -0.25) is 4.79 Å². The summed E-state index contributed by atoms with van der Waals surface area (Å²) in [6.45, 7) is 3.45. The molecule has 0 saturated carbocycles. The van der Waals surface area contributed by atoms with Gasteiger partial charge < -0.3 is 10.1 Å². The van der Waals surface area contributed by atoms with Gasteiger partial charge in [0, 0.05) is 18.7 Å². The first-order valence-electron chi connectivity index (χ1n) is 7.62. The van der Waals surface area contributed by atoms with Gasteiger partial charge in [0.2, 0.25) is 5.91 Å². The Kier molecular flexibility index (Phi) is 5.64. The summed E-state index contributed by atoms with van der Waals surface area (Å²) in [6.07, 6.45) is 2.30. The van der Waals surface area contributed by atoms with E-state index in [1.165, 1.54) is 28.9 Å². The molecule has 1 aliphatic heterocycles. The van der Waals surface area contributed by atoms with Crippen molar-refractivity contribution in [3.8, 4) is 11.4 Å². The SMILES string of the molecule is Cc1cccc(-c2nsc(SCC(=O)NC[C@@H]3CCCO3)n2)c1. The summed E-state index contributed by atoms with van der Waals surface area (Å²) in [7, 11) is 0. The van der Waals surface area contributed by atoms with E-state index in [1.54, 1.807) is 0 Å². The summed E-state index contributed by atoms with van der Waals surface area (Å²) in [5, 5.41) is 2.91. The monoisotopic (exact) mass is 349 g/mol. The number of amides is 1. The van der Waals surface area contributed by atoms with Crippen LogP contribution in [0.25, 0.3) is 11.4 Å². The molecule has 0 spiro atoms. The highest BCUT2D eigenvalue weighted by Gasteiger charge is 2.16. The molecule has 1 atom stereocenters. The van der Waals surface area contributed by atoms with E-state index in [2.05, 4.69) is 20.7 Å². The Morgan fingerprint density at radius 3 is 3.22 bits per heavy atom. The first-order chi connectivity index (χ1) is 11.2. The van der Waals surface area contributed by atoms with Crippen LogP contribution in [0.2, 0.25) is 0 Å². The van der Waals surface area contributed by atoms with Crippen LogP contribution in [0.1, 0.15) is 18.4 Å². The number of thioether (sulfide) groups is 1. The van der Waals surface area contributed by atoms with Crippen molar-refractivity contribution in [2.75, 3.05) is 18.9 Å². The first kappa shape index (κ1) is 16.4. The lowest BCUT2D eigenvalue weighted by Crippen LogP contribution is -2.32. The van der Waals surface area contributed by atoms with Crippen molar-refractivity contribution in [3.05, 3.63) is 29.8 Å². The Morgan fingerprint density at radius 2 is 2.43 bits per heavy atom. The molecule has 0 unspecified atom stereocenters. The average molecular weight is 349 g/mol. The summed E-state index contributed by atoms with van der Waals surface area (Å²) in [5.41, 5.74) is 2.19. The second-order valence-electron chi connectivity index (χ2n) is 5.48. The van der Waals surface area contributed by atoms with Crippen molar-refractivity contribution < 1.29 is 9.53 Å². The van der Waals surface area contributed by atoms with E-state index in [0.717, 1.165) is 35.2 Å². The van der Waals surface area contributed by atoms with Gasteiger partial charge in [-0.1, -0.05) is 35.5 Å². The summed E-state index contributed by atoms with van der Waals surface area (Å²) in [4.78, 5) is 16.4. The zero-order valence-electron chi connectivity index (χ0n) is 12.9. The third-order valence-corrected chi connectivity index (χ3v) is 5.39. The van der Waals surface area contributed by atoms with Crippen molar-refractivity contribution in [2.24, 2.45) is 0 Å². The zero-order chi connectivity index (χ0) is 16.1. The molecule has 23 heavy (non-hydrogen) atoms. The molecule has 3 rings (SSSR count). The van der Waals surface area contributed by atoms with Crippen LogP contribution < -0.4 is 5.32 Å². The van der Waals surface area contributed by atoms with Crippen molar-refractivity contribution in [1.29, 1.82) is 0 Å². The summed E-state index contributed by atoms with van der Waals surface area (Å²) in [5.74, 6) is 1.09. The third-order valence-electron chi connectivity index (χ3n) is 3.56. The van der Waals surface area contributed by atoms with Crippen molar-refractivity contribution in [1.82, 2.24) is 14.7 Å². The highest BCUT2D eigenvalue weighted by molar-refractivity contribution is 8.01. The fourth-order valence-electron chi connectivity index (χ4n) is 2.38. The minimum absolute atomic E-state index is 0.0119. The summed E-state index contributed by atoms with van der Waals surface area (Å²) in [6, 6.07) is 8.10. The van der Waals surface area contributed by atoms with Crippen molar-refractivity contribution in [2.45, 2.75) is 30.2 Å². The lowest BCUT2D eigenvalue weighted by atomic mass is 10.1. The van der Waals surface area contributed by atoms with Gasteiger partial charge in [-0.2, -0.15) is 4.37 Å². The molecule has 1 aromatic carbocycles. The fraction of sp³-hybridized carbons (Fsp3) is 0.438. The molecule has 0 aliphatic carbocycles. The van der Waals surface area contributed by atoms with Gasteiger partial charge in [-0.05, 0) is 37.4 Å². The van der Waals surface area contributed by atoms with Gasteiger partial charge in [0.25, 0.3) is 0 Å². The molecule has 122 valence electrons. The largest absolute Gasteiger partial charge is 0.376 e. The number of aromatic nitrogens is 2. The Hall–Kier alpha value is -1.44. The minimum atomic E-state index is 0.0119. The Labute approximate surface area is 144 Å². The Bertz CT molecular complexity index is 669. The van der Waals surface area contributed by atoms with Crippen LogP contribution in [0.5, 0.6) is 0 Å². The molecule has 5 nitrogen and oxygen atoms in total. The molecule has 7 heteroatoms. The predicted molar refractivity (Wildman–Crippen MR) is 92.8 cm³/mol. The maximum Gasteiger partial charge on any atom is 0.230 e. The molecule has 2 heterocycles. The zero-order valence-corrected chi connectivity index (χ0v) is 14.6. The topological polar surface area (TPSA) is 64.1 Å². The molecule has 1 amide bonds. The van der Waals surface area contributed by atoms with E-state index in [1.807, 2.05) is 25.1 Å². The van der Waals surface area contributed by atoms with Gasteiger partial charge in [-0.25, -0.2) is 4.98 Å².